The first-order chi connectivity index (χ1) is 9.29. The Morgan fingerprint density at radius 1 is 1.20 bits per heavy atom. The molecule has 0 fully saturated rings. The minimum atomic E-state index is 0.0260. The molecule has 0 amide bonds. The first kappa shape index (κ1) is 17.2. The van der Waals surface area contributed by atoms with Crippen LogP contribution < -0.4 is 9.47 Å². The van der Waals surface area contributed by atoms with Crippen molar-refractivity contribution in [1.82, 2.24) is 0 Å². The molecule has 1 unspecified atom stereocenters. The van der Waals surface area contributed by atoms with Crippen LogP contribution in [-0.4, -0.2) is 19.5 Å². The van der Waals surface area contributed by atoms with Gasteiger partial charge in [-0.3, -0.25) is 0 Å². The topological polar surface area (TPSA) is 18.5 Å². The third kappa shape index (κ3) is 4.62. The molecule has 0 saturated heterocycles. The monoisotopic (exact) mass is 296 g/mol. The summed E-state index contributed by atoms with van der Waals surface area (Å²) in [6.07, 6.45) is 0. The largest absolute Gasteiger partial charge is 0.497 e. The van der Waals surface area contributed by atoms with Gasteiger partial charge in [0.05, 0.1) is 13.7 Å². The first-order valence-corrected chi connectivity index (χ1v) is 7.85. The molecule has 0 radical (unpaired) electrons. The van der Waals surface area contributed by atoms with E-state index >= 15 is 0 Å². The summed E-state index contributed by atoms with van der Waals surface area (Å²) < 4.78 is 11.4. The lowest BCUT2D eigenvalue weighted by Crippen LogP contribution is -2.21. The Balaban J connectivity index is 2.94. The van der Waals surface area contributed by atoms with Gasteiger partial charge in [-0.1, -0.05) is 34.6 Å². The lowest BCUT2D eigenvalue weighted by atomic mass is 9.86. The molecule has 0 spiro atoms. The van der Waals surface area contributed by atoms with Crippen LogP contribution in [0.25, 0.3) is 0 Å². The molecule has 114 valence electrons. The average molecular weight is 296 g/mol. The lowest BCUT2D eigenvalue weighted by molar-refractivity contribution is 0.222. The van der Waals surface area contributed by atoms with Crippen LogP contribution in [0.15, 0.2) is 18.2 Å². The second kappa shape index (κ2) is 7.26. The maximum absolute atomic E-state index is 6.07. The molecule has 0 bridgehead atoms. The SMILES string of the molecule is COc1ccc(OCC(CS)C(C)C)c(C(C)(C)C)c1. The molecule has 0 aromatic heterocycles. The van der Waals surface area contributed by atoms with E-state index in [9.17, 15) is 0 Å². The van der Waals surface area contributed by atoms with Gasteiger partial charge in [0, 0.05) is 11.5 Å². The smallest absolute Gasteiger partial charge is 0.123 e. The molecular formula is C17H28O2S. The van der Waals surface area contributed by atoms with Crippen molar-refractivity contribution in [2.24, 2.45) is 11.8 Å². The van der Waals surface area contributed by atoms with Gasteiger partial charge in [0.15, 0.2) is 0 Å². The summed E-state index contributed by atoms with van der Waals surface area (Å²) in [4.78, 5) is 0. The molecule has 2 nitrogen and oxygen atoms in total. The van der Waals surface area contributed by atoms with Gasteiger partial charge < -0.3 is 9.47 Å². The van der Waals surface area contributed by atoms with Crippen LogP contribution in [0.5, 0.6) is 11.5 Å². The van der Waals surface area contributed by atoms with Crippen molar-refractivity contribution in [1.29, 1.82) is 0 Å². The maximum atomic E-state index is 6.07. The predicted octanol–water partition coefficient (Wildman–Crippen LogP) is 4.57. The summed E-state index contributed by atoms with van der Waals surface area (Å²) in [6.45, 7) is 11.7. The molecule has 1 aromatic rings. The molecule has 1 atom stereocenters. The minimum absolute atomic E-state index is 0.0260. The lowest BCUT2D eigenvalue weighted by Gasteiger charge is -2.25. The second-order valence-electron chi connectivity index (χ2n) is 6.61. The summed E-state index contributed by atoms with van der Waals surface area (Å²) in [7, 11) is 1.69. The zero-order valence-electron chi connectivity index (χ0n) is 13.6. The molecule has 0 saturated carbocycles. The number of rotatable bonds is 6. The van der Waals surface area contributed by atoms with E-state index in [2.05, 4.69) is 53.3 Å². The Kier molecular flexibility index (Phi) is 6.25. The number of ether oxygens (including phenoxy) is 2. The third-order valence-electron chi connectivity index (χ3n) is 3.62. The van der Waals surface area contributed by atoms with Crippen molar-refractivity contribution in [3.05, 3.63) is 23.8 Å². The second-order valence-corrected chi connectivity index (χ2v) is 6.97. The van der Waals surface area contributed by atoms with E-state index in [0.29, 0.717) is 18.4 Å². The highest BCUT2D eigenvalue weighted by Gasteiger charge is 2.21. The fraction of sp³-hybridized carbons (Fsp3) is 0.647. The van der Waals surface area contributed by atoms with Crippen molar-refractivity contribution in [3.63, 3.8) is 0 Å². The molecule has 1 rings (SSSR count). The number of hydrogen-bond donors (Lipinski definition) is 1. The zero-order chi connectivity index (χ0) is 15.3. The van der Waals surface area contributed by atoms with E-state index in [1.54, 1.807) is 7.11 Å². The van der Waals surface area contributed by atoms with Crippen molar-refractivity contribution in [2.45, 2.75) is 40.0 Å². The van der Waals surface area contributed by atoms with Gasteiger partial charge in [0.25, 0.3) is 0 Å². The summed E-state index contributed by atoms with van der Waals surface area (Å²) in [5, 5.41) is 0. The quantitative estimate of drug-likeness (QED) is 0.775. The summed E-state index contributed by atoms with van der Waals surface area (Å²) in [5.74, 6) is 3.71. The number of hydrogen-bond acceptors (Lipinski definition) is 3. The van der Waals surface area contributed by atoms with Crippen molar-refractivity contribution in [3.8, 4) is 11.5 Å². The highest BCUT2D eigenvalue weighted by Crippen LogP contribution is 2.34. The Hall–Kier alpha value is -0.830. The van der Waals surface area contributed by atoms with Gasteiger partial charge in [0.1, 0.15) is 11.5 Å². The van der Waals surface area contributed by atoms with E-state index in [0.717, 1.165) is 17.3 Å². The molecule has 0 aliphatic rings. The number of benzene rings is 1. The van der Waals surface area contributed by atoms with Gasteiger partial charge in [-0.05, 0) is 35.3 Å². The van der Waals surface area contributed by atoms with Gasteiger partial charge in [-0.15, -0.1) is 0 Å². The van der Waals surface area contributed by atoms with E-state index < -0.39 is 0 Å². The number of methoxy groups -OCH3 is 1. The van der Waals surface area contributed by atoms with Gasteiger partial charge in [-0.2, -0.15) is 12.6 Å². The van der Waals surface area contributed by atoms with E-state index in [-0.39, 0.29) is 5.41 Å². The Morgan fingerprint density at radius 2 is 1.85 bits per heavy atom. The highest BCUT2D eigenvalue weighted by molar-refractivity contribution is 7.80. The molecule has 0 aliphatic carbocycles. The maximum Gasteiger partial charge on any atom is 0.123 e. The Morgan fingerprint density at radius 3 is 2.30 bits per heavy atom. The highest BCUT2D eigenvalue weighted by atomic mass is 32.1. The molecule has 20 heavy (non-hydrogen) atoms. The Bertz CT molecular complexity index is 421. The van der Waals surface area contributed by atoms with E-state index in [4.69, 9.17) is 9.47 Å². The zero-order valence-corrected chi connectivity index (χ0v) is 14.5. The standard InChI is InChI=1S/C17H28O2S/c1-12(2)13(11-20)10-19-16-8-7-14(18-6)9-15(16)17(3,4)5/h7-9,12-13,20H,10-11H2,1-6H3. The van der Waals surface area contributed by atoms with Crippen LogP contribution in [0, 0.1) is 11.8 Å². The van der Waals surface area contributed by atoms with Crippen molar-refractivity contribution >= 4 is 12.6 Å². The van der Waals surface area contributed by atoms with Gasteiger partial charge in [0.2, 0.25) is 0 Å². The van der Waals surface area contributed by atoms with Crippen molar-refractivity contribution in [2.75, 3.05) is 19.5 Å². The normalized spacial score (nSPS) is 13.4. The first-order valence-electron chi connectivity index (χ1n) is 7.21. The summed E-state index contributed by atoms with van der Waals surface area (Å²) in [6, 6.07) is 6.03. The third-order valence-corrected chi connectivity index (χ3v) is 4.09. The van der Waals surface area contributed by atoms with Crippen LogP contribution >= 0.6 is 12.6 Å². The van der Waals surface area contributed by atoms with E-state index in [1.807, 2.05) is 12.1 Å². The van der Waals surface area contributed by atoms with Crippen LogP contribution in [0.4, 0.5) is 0 Å². The summed E-state index contributed by atoms with van der Waals surface area (Å²) >= 11 is 4.42. The molecule has 1 aromatic carbocycles. The van der Waals surface area contributed by atoms with E-state index in [1.165, 1.54) is 5.56 Å². The van der Waals surface area contributed by atoms with Crippen LogP contribution in [0.1, 0.15) is 40.2 Å². The predicted molar refractivity (Wildman–Crippen MR) is 89.4 cm³/mol. The molecule has 0 N–H and O–H groups in total. The number of thiol groups is 1. The molecule has 0 aliphatic heterocycles. The van der Waals surface area contributed by atoms with Crippen molar-refractivity contribution < 1.29 is 9.47 Å². The van der Waals surface area contributed by atoms with Crippen LogP contribution in [0.2, 0.25) is 0 Å². The van der Waals surface area contributed by atoms with Crippen LogP contribution in [-0.2, 0) is 5.41 Å². The Labute approximate surface area is 129 Å². The van der Waals surface area contributed by atoms with Gasteiger partial charge >= 0.3 is 0 Å². The molecule has 0 heterocycles. The van der Waals surface area contributed by atoms with Crippen LogP contribution in [0.3, 0.4) is 0 Å². The fourth-order valence-electron chi connectivity index (χ4n) is 2.00. The fourth-order valence-corrected chi connectivity index (χ4v) is 2.53. The van der Waals surface area contributed by atoms with Gasteiger partial charge in [-0.25, -0.2) is 0 Å². The minimum Gasteiger partial charge on any atom is -0.497 e. The molecular weight excluding hydrogens is 268 g/mol. The average Bonchev–Trinajstić information content (AvgIpc) is 2.38. The summed E-state index contributed by atoms with van der Waals surface area (Å²) in [5.41, 5.74) is 1.21. The molecule has 3 heteroatoms.